The zero-order chi connectivity index (χ0) is 18.7. The van der Waals surface area contributed by atoms with Gasteiger partial charge < -0.3 is 4.55 Å². The third-order valence-corrected chi connectivity index (χ3v) is 5.03. The van der Waals surface area contributed by atoms with Crippen molar-refractivity contribution < 1.29 is 13.0 Å². The Bertz CT molecular complexity index is 1010. The molecule has 8 nitrogen and oxygen atoms in total. The molecular formula is C16H15N5O3S2. The first-order valence-corrected chi connectivity index (χ1v) is 10.8. The largest absolute Gasteiger partial charge is 0.609 e. The van der Waals surface area contributed by atoms with E-state index in [1.807, 2.05) is 30.3 Å². The second-order valence-electron chi connectivity index (χ2n) is 5.29. The predicted molar refractivity (Wildman–Crippen MR) is 98.8 cm³/mol. The maximum atomic E-state index is 12.4. The van der Waals surface area contributed by atoms with E-state index in [0.29, 0.717) is 5.69 Å². The van der Waals surface area contributed by atoms with E-state index in [1.165, 1.54) is 24.7 Å². The van der Waals surface area contributed by atoms with Crippen molar-refractivity contribution in [1.82, 2.24) is 19.9 Å². The van der Waals surface area contributed by atoms with Crippen molar-refractivity contribution in [3.05, 3.63) is 54.9 Å². The quantitative estimate of drug-likeness (QED) is 0.483. The molecule has 0 bridgehead atoms. The first-order valence-electron chi connectivity index (χ1n) is 7.41. The van der Waals surface area contributed by atoms with Gasteiger partial charge in [-0.25, -0.2) is 18.4 Å². The molecule has 1 unspecified atom stereocenters. The molecule has 0 aliphatic carbocycles. The molecule has 3 aromatic rings. The molecule has 2 heterocycles. The van der Waals surface area contributed by atoms with Crippen LogP contribution in [0.3, 0.4) is 0 Å². The van der Waals surface area contributed by atoms with Crippen LogP contribution in [-0.4, -0.2) is 45.4 Å². The third kappa shape index (κ3) is 3.98. The van der Waals surface area contributed by atoms with Crippen LogP contribution in [0.15, 0.2) is 60.0 Å². The number of rotatable bonds is 5. The summed E-state index contributed by atoms with van der Waals surface area (Å²) in [5, 5.41) is 0.0235. The topological polar surface area (TPSA) is 112 Å². The number of anilines is 2. The number of benzene rings is 1. The Labute approximate surface area is 154 Å². The second-order valence-corrected chi connectivity index (χ2v) is 8.39. The molecule has 26 heavy (non-hydrogen) atoms. The summed E-state index contributed by atoms with van der Waals surface area (Å²) in [5.74, 6) is -0.0294. The molecule has 3 rings (SSSR count). The fourth-order valence-corrected chi connectivity index (χ4v) is 3.48. The van der Waals surface area contributed by atoms with Gasteiger partial charge in [-0.05, 0) is 6.07 Å². The number of hydrogen-bond donors (Lipinski definition) is 0. The Balaban J connectivity index is 2.12. The molecule has 0 amide bonds. The van der Waals surface area contributed by atoms with Gasteiger partial charge in [0.1, 0.15) is 6.26 Å². The summed E-state index contributed by atoms with van der Waals surface area (Å²) in [5.41, 5.74) is 1.39. The van der Waals surface area contributed by atoms with Crippen LogP contribution in [0.2, 0.25) is 0 Å². The molecule has 0 aliphatic rings. The highest BCUT2D eigenvalue weighted by Crippen LogP contribution is 2.26. The fourth-order valence-electron chi connectivity index (χ4n) is 2.22. The van der Waals surface area contributed by atoms with Gasteiger partial charge in [-0.3, -0.25) is 0 Å². The number of hydrogen-bond acceptors (Lipinski definition) is 7. The van der Waals surface area contributed by atoms with Gasteiger partial charge in [0, 0.05) is 35.2 Å². The van der Waals surface area contributed by atoms with Crippen LogP contribution in [0.5, 0.6) is 0 Å². The van der Waals surface area contributed by atoms with Crippen LogP contribution in [0, 0.1) is 0 Å². The molecule has 2 aromatic heterocycles. The summed E-state index contributed by atoms with van der Waals surface area (Å²) in [7, 11) is -3.79. The summed E-state index contributed by atoms with van der Waals surface area (Å²) in [6.45, 7) is 0. The molecule has 0 saturated carbocycles. The SMILES string of the molecule is C[S+]([O-])c1nccc(N(c2nccc(-c3ccccc3)n2)S(C)(=O)=O)n1. The molecule has 1 aromatic carbocycles. The van der Waals surface area contributed by atoms with E-state index in [4.69, 9.17) is 0 Å². The Kier molecular flexibility index (Phi) is 5.16. The monoisotopic (exact) mass is 389 g/mol. The molecule has 0 aliphatic heterocycles. The Hall–Kier alpha value is -2.56. The molecule has 134 valence electrons. The molecule has 0 radical (unpaired) electrons. The first-order chi connectivity index (χ1) is 12.4. The Morgan fingerprint density at radius 1 is 1.00 bits per heavy atom. The van der Waals surface area contributed by atoms with Gasteiger partial charge in [-0.1, -0.05) is 30.3 Å². The fraction of sp³-hybridized carbons (Fsp3) is 0.125. The Morgan fingerprint density at radius 3 is 2.35 bits per heavy atom. The standard InChI is InChI=1S/C16H15N5O3S2/c1-25(22)16-18-11-9-14(20-16)21(26(2,23)24)15-17-10-8-13(19-15)12-6-4-3-5-7-12/h3-11H,1-2H3. The summed E-state index contributed by atoms with van der Waals surface area (Å²) < 4.78 is 37.3. The van der Waals surface area contributed by atoms with Crippen LogP contribution in [0.4, 0.5) is 11.8 Å². The van der Waals surface area contributed by atoms with E-state index in [2.05, 4.69) is 19.9 Å². The van der Waals surface area contributed by atoms with Gasteiger partial charge in [0.05, 0.1) is 11.9 Å². The normalized spacial score (nSPS) is 12.6. The highest BCUT2D eigenvalue weighted by Gasteiger charge is 2.26. The van der Waals surface area contributed by atoms with Crippen molar-refractivity contribution in [2.45, 2.75) is 5.16 Å². The minimum atomic E-state index is -3.79. The zero-order valence-corrected chi connectivity index (χ0v) is 15.6. The second kappa shape index (κ2) is 7.36. The minimum absolute atomic E-state index is 0.0235. The lowest BCUT2D eigenvalue weighted by Gasteiger charge is -2.19. The molecule has 0 saturated heterocycles. The average Bonchev–Trinajstić information content (AvgIpc) is 2.62. The van der Waals surface area contributed by atoms with Crippen LogP contribution in [0.1, 0.15) is 0 Å². The lowest BCUT2D eigenvalue weighted by Crippen LogP contribution is -2.28. The van der Waals surface area contributed by atoms with E-state index in [1.54, 1.807) is 6.07 Å². The maximum Gasteiger partial charge on any atom is 0.344 e. The zero-order valence-electron chi connectivity index (χ0n) is 14.0. The maximum absolute atomic E-state index is 12.4. The van der Waals surface area contributed by atoms with E-state index in [9.17, 15) is 13.0 Å². The summed E-state index contributed by atoms with van der Waals surface area (Å²) >= 11 is -1.46. The van der Waals surface area contributed by atoms with Crippen LogP contribution in [-0.2, 0) is 21.2 Å². The molecule has 0 N–H and O–H groups in total. The van der Waals surface area contributed by atoms with Crippen LogP contribution < -0.4 is 4.31 Å². The highest BCUT2D eigenvalue weighted by molar-refractivity contribution is 7.92. The van der Waals surface area contributed by atoms with Crippen molar-refractivity contribution >= 4 is 33.0 Å². The predicted octanol–water partition coefficient (Wildman–Crippen LogP) is 1.77. The summed E-state index contributed by atoms with van der Waals surface area (Å²) in [6.07, 6.45) is 5.26. The van der Waals surface area contributed by atoms with Crippen molar-refractivity contribution in [1.29, 1.82) is 0 Å². The number of sulfonamides is 1. The lowest BCUT2D eigenvalue weighted by molar-refractivity contribution is 0.590. The minimum Gasteiger partial charge on any atom is -0.609 e. The average molecular weight is 389 g/mol. The third-order valence-electron chi connectivity index (χ3n) is 3.31. The molecule has 0 spiro atoms. The van der Waals surface area contributed by atoms with E-state index < -0.39 is 21.2 Å². The first kappa shape index (κ1) is 18.2. The van der Waals surface area contributed by atoms with Crippen molar-refractivity contribution in [3.8, 4) is 11.3 Å². The molecular weight excluding hydrogens is 374 g/mol. The van der Waals surface area contributed by atoms with Gasteiger partial charge in [0.2, 0.25) is 16.0 Å². The molecule has 0 fully saturated rings. The molecule has 1 atom stereocenters. The van der Waals surface area contributed by atoms with Crippen LogP contribution >= 0.6 is 0 Å². The van der Waals surface area contributed by atoms with Crippen molar-refractivity contribution in [2.24, 2.45) is 0 Å². The lowest BCUT2D eigenvalue weighted by atomic mass is 10.1. The van der Waals surface area contributed by atoms with Gasteiger partial charge in [-0.15, -0.1) is 0 Å². The Morgan fingerprint density at radius 2 is 1.69 bits per heavy atom. The van der Waals surface area contributed by atoms with E-state index in [0.717, 1.165) is 16.1 Å². The van der Waals surface area contributed by atoms with Crippen LogP contribution in [0.25, 0.3) is 11.3 Å². The summed E-state index contributed by atoms with van der Waals surface area (Å²) in [6, 6.07) is 12.4. The van der Waals surface area contributed by atoms with E-state index in [-0.39, 0.29) is 16.9 Å². The smallest absolute Gasteiger partial charge is 0.344 e. The summed E-state index contributed by atoms with van der Waals surface area (Å²) in [4.78, 5) is 16.4. The number of nitrogens with zero attached hydrogens (tertiary/aromatic N) is 5. The van der Waals surface area contributed by atoms with E-state index >= 15 is 0 Å². The molecule has 10 heteroatoms. The number of aromatic nitrogens is 4. The van der Waals surface area contributed by atoms with Gasteiger partial charge in [0.25, 0.3) is 0 Å². The van der Waals surface area contributed by atoms with Gasteiger partial charge in [0.15, 0.2) is 5.82 Å². The van der Waals surface area contributed by atoms with Gasteiger partial charge in [-0.2, -0.15) is 14.3 Å². The van der Waals surface area contributed by atoms with Crippen molar-refractivity contribution in [2.75, 3.05) is 16.8 Å². The highest BCUT2D eigenvalue weighted by atomic mass is 32.2. The van der Waals surface area contributed by atoms with Crippen molar-refractivity contribution in [3.63, 3.8) is 0 Å². The van der Waals surface area contributed by atoms with Gasteiger partial charge >= 0.3 is 5.16 Å².